The van der Waals surface area contributed by atoms with Crippen LogP contribution in [0.25, 0.3) is 0 Å². The first-order valence-corrected chi connectivity index (χ1v) is 7.80. The van der Waals surface area contributed by atoms with Gasteiger partial charge in [-0.1, -0.05) is 39.5 Å². The maximum absolute atomic E-state index is 11.4. The van der Waals surface area contributed by atoms with E-state index >= 15 is 0 Å². The number of carbonyl (C=O) groups is 3. The van der Waals surface area contributed by atoms with E-state index in [1.165, 1.54) is 26.7 Å². The Balaban J connectivity index is 4.73. The number of aldehydes is 1. The topological polar surface area (TPSA) is 72.5 Å². The summed E-state index contributed by atoms with van der Waals surface area (Å²) in [5.74, 6) is -0.464. The van der Waals surface area contributed by atoms with E-state index in [-0.39, 0.29) is 24.3 Å². The van der Waals surface area contributed by atoms with Crippen molar-refractivity contribution in [2.75, 3.05) is 0 Å². The Labute approximate surface area is 127 Å². The third-order valence-electron chi connectivity index (χ3n) is 3.54. The van der Waals surface area contributed by atoms with Crippen LogP contribution in [0.3, 0.4) is 0 Å². The molecule has 122 valence electrons. The standard InChI is InChI=1S/C16H29NO4/c1-5-6-7-8-9-12(2)16(17-13(3)19)15(10-11-18)21-14(4)20/h11-12,15-16H,5-10H2,1-4H3,(H,17,19). The second-order valence-corrected chi connectivity index (χ2v) is 5.60. The van der Waals surface area contributed by atoms with Crippen molar-refractivity contribution in [2.24, 2.45) is 5.92 Å². The minimum Gasteiger partial charge on any atom is -0.460 e. The van der Waals surface area contributed by atoms with Crippen LogP contribution < -0.4 is 5.32 Å². The smallest absolute Gasteiger partial charge is 0.302 e. The van der Waals surface area contributed by atoms with Crippen LogP contribution in [-0.4, -0.2) is 30.3 Å². The van der Waals surface area contributed by atoms with Crippen LogP contribution in [0.2, 0.25) is 0 Å². The van der Waals surface area contributed by atoms with Gasteiger partial charge in [0, 0.05) is 20.3 Å². The zero-order chi connectivity index (χ0) is 16.3. The van der Waals surface area contributed by atoms with Crippen molar-refractivity contribution in [3.63, 3.8) is 0 Å². The maximum Gasteiger partial charge on any atom is 0.302 e. The van der Waals surface area contributed by atoms with Crippen molar-refractivity contribution in [1.29, 1.82) is 0 Å². The summed E-state index contributed by atoms with van der Waals surface area (Å²) in [5.41, 5.74) is 0. The van der Waals surface area contributed by atoms with E-state index in [0.29, 0.717) is 0 Å². The molecule has 5 nitrogen and oxygen atoms in total. The SMILES string of the molecule is CCCCCCC(C)C(NC(C)=O)C(CC=O)OC(C)=O. The Morgan fingerprint density at radius 1 is 1.19 bits per heavy atom. The van der Waals surface area contributed by atoms with Gasteiger partial charge in [0.2, 0.25) is 5.91 Å². The van der Waals surface area contributed by atoms with Crippen molar-refractivity contribution >= 4 is 18.2 Å². The van der Waals surface area contributed by atoms with E-state index in [1.54, 1.807) is 0 Å². The van der Waals surface area contributed by atoms with Gasteiger partial charge in [0.15, 0.2) is 0 Å². The van der Waals surface area contributed by atoms with Crippen LogP contribution in [0, 0.1) is 5.92 Å². The first-order chi connectivity index (χ1) is 9.92. The molecule has 0 aliphatic heterocycles. The van der Waals surface area contributed by atoms with Crippen LogP contribution >= 0.6 is 0 Å². The van der Waals surface area contributed by atoms with Gasteiger partial charge in [-0.05, 0) is 12.3 Å². The normalized spacial score (nSPS) is 14.9. The highest BCUT2D eigenvalue weighted by molar-refractivity contribution is 5.73. The van der Waals surface area contributed by atoms with Crippen LogP contribution in [-0.2, 0) is 19.1 Å². The molecule has 0 aromatic carbocycles. The molecule has 0 spiro atoms. The van der Waals surface area contributed by atoms with Gasteiger partial charge >= 0.3 is 5.97 Å². The van der Waals surface area contributed by atoms with Crippen molar-refractivity contribution in [3.05, 3.63) is 0 Å². The maximum atomic E-state index is 11.4. The number of hydrogen-bond donors (Lipinski definition) is 1. The number of esters is 1. The highest BCUT2D eigenvalue weighted by Gasteiger charge is 2.29. The van der Waals surface area contributed by atoms with Crippen LogP contribution in [0.15, 0.2) is 0 Å². The van der Waals surface area contributed by atoms with Gasteiger partial charge in [0.05, 0.1) is 6.04 Å². The number of hydrogen-bond acceptors (Lipinski definition) is 4. The number of unbranched alkanes of at least 4 members (excludes halogenated alkanes) is 3. The molecular weight excluding hydrogens is 270 g/mol. The average Bonchev–Trinajstić information content (AvgIpc) is 2.39. The second-order valence-electron chi connectivity index (χ2n) is 5.60. The third-order valence-corrected chi connectivity index (χ3v) is 3.54. The number of rotatable bonds is 11. The van der Waals surface area contributed by atoms with Crippen LogP contribution in [0.5, 0.6) is 0 Å². The predicted octanol–water partition coefficient (Wildman–Crippen LogP) is 2.62. The van der Waals surface area contributed by atoms with E-state index in [2.05, 4.69) is 12.2 Å². The summed E-state index contributed by atoms with van der Waals surface area (Å²) < 4.78 is 5.22. The number of carbonyl (C=O) groups excluding carboxylic acids is 3. The van der Waals surface area contributed by atoms with Crippen LogP contribution in [0.4, 0.5) is 0 Å². The molecule has 3 atom stereocenters. The quantitative estimate of drug-likeness (QED) is 0.361. The number of ether oxygens (including phenoxy) is 1. The molecule has 0 heterocycles. The number of nitrogens with one attached hydrogen (secondary N) is 1. The summed E-state index contributed by atoms with van der Waals surface area (Å²) in [6, 6.07) is -0.321. The zero-order valence-electron chi connectivity index (χ0n) is 13.7. The summed E-state index contributed by atoms with van der Waals surface area (Å²) in [6.45, 7) is 6.93. The highest BCUT2D eigenvalue weighted by atomic mass is 16.5. The molecule has 0 saturated carbocycles. The van der Waals surface area contributed by atoms with Gasteiger partial charge in [0.1, 0.15) is 12.4 Å². The Bertz CT molecular complexity index is 330. The van der Waals surface area contributed by atoms with Crippen molar-refractivity contribution in [3.8, 4) is 0 Å². The summed E-state index contributed by atoms with van der Waals surface area (Å²) in [7, 11) is 0. The number of amides is 1. The predicted molar refractivity (Wildman–Crippen MR) is 81.8 cm³/mol. The average molecular weight is 299 g/mol. The van der Waals surface area contributed by atoms with E-state index in [0.717, 1.165) is 25.5 Å². The molecule has 1 N–H and O–H groups in total. The van der Waals surface area contributed by atoms with Gasteiger partial charge in [-0.2, -0.15) is 0 Å². The van der Waals surface area contributed by atoms with Crippen molar-refractivity contribution in [2.45, 2.75) is 78.4 Å². The Morgan fingerprint density at radius 2 is 1.86 bits per heavy atom. The molecule has 0 radical (unpaired) electrons. The fourth-order valence-corrected chi connectivity index (χ4v) is 2.49. The minimum absolute atomic E-state index is 0.101. The molecule has 21 heavy (non-hydrogen) atoms. The Kier molecular flexibility index (Phi) is 10.5. The lowest BCUT2D eigenvalue weighted by Gasteiger charge is -2.31. The first kappa shape index (κ1) is 19.6. The van der Waals surface area contributed by atoms with Gasteiger partial charge in [0.25, 0.3) is 0 Å². The molecule has 0 aliphatic rings. The zero-order valence-corrected chi connectivity index (χ0v) is 13.7. The molecule has 0 bridgehead atoms. The summed E-state index contributed by atoms with van der Waals surface area (Å²) >= 11 is 0. The van der Waals surface area contributed by atoms with Crippen molar-refractivity contribution < 1.29 is 19.1 Å². The molecule has 3 unspecified atom stereocenters. The lowest BCUT2D eigenvalue weighted by molar-refractivity contribution is -0.150. The fraction of sp³-hybridized carbons (Fsp3) is 0.812. The fourth-order valence-electron chi connectivity index (χ4n) is 2.49. The minimum atomic E-state index is -0.593. The molecule has 1 amide bonds. The molecule has 0 fully saturated rings. The summed E-state index contributed by atoms with van der Waals surface area (Å²) in [5, 5.41) is 2.84. The van der Waals surface area contributed by atoms with E-state index in [4.69, 9.17) is 4.74 Å². The largest absolute Gasteiger partial charge is 0.460 e. The molecule has 0 aromatic rings. The second kappa shape index (κ2) is 11.3. The van der Waals surface area contributed by atoms with Gasteiger partial charge < -0.3 is 14.8 Å². The van der Waals surface area contributed by atoms with E-state index < -0.39 is 12.1 Å². The summed E-state index contributed by atoms with van der Waals surface area (Å²) in [6.07, 6.45) is 5.75. The highest BCUT2D eigenvalue weighted by Crippen LogP contribution is 2.20. The van der Waals surface area contributed by atoms with E-state index in [9.17, 15) is 14.4 Å². The molecule has 0 aromatic heterocycles. The Hall–Kier alpha value is -1.39. The molecular formula is C16H29NO4. The lowest BCUT2D eigenvalue weighted by atomic mass is 9.90. The Morgan fingerprint density at radius 3 is 2.33 bits per heavy atom. The van der Waals surface area contributed by atoms with Gasteiger partial charge in [-0.25, -0.2) is 0 Å². The van der Waals surface area contributed by atoms with Crippen molar-refractivity contribution in [1.82, 2.24) is 5.32 Å². The molecule has 0 rings (SSSR count). The van der Waals surface area contributed by atoms with Gasteiger partial charge in [-0.3, -0.25) is 9.59 Å². The lowest BCUT2D eigenvalue weighted by Crippen LogP contribution is -2.48. The molecule has 0 aliphatic carbocycles. The monoisotopic (exact) mass is 299 g/mol. The first-order valence-electron chi connectivity index (χ1n) is 7.80. The third kappa shape index (κ3) is 9.21. The van der Waals surface area contributed by atoms with Crippen LogP contribution in [0.1, 0.15) is 66.2 Å². The summed E-state index contributed by atoms with van der Waals surface area (Å²) in [4.78, 5) is 33.4. The molecule has 0 saturated heterocycles. The molecule has 5 heteroatoms. The van der Waals surface area contributed by atoms with E-state index in [1.807, 2.05) is 6.92 Å². The van der Waals surface area contributed by atoms with Gasteiger partial charge in [-0.15, -0.1) is 0 Å².